The molecule has 0 N–H and O–H groups in total. The van der Waals surface area contributed by atoms with E-state index in [2.05, 4.69) is 109 Å². The van der Waals surface area contributed by atoms with Crippen LogP contribution in [-0.4, -0.2) is 42.4 Å². The third-order valence-electron chi connectivity index (χ3n) is 7.93. The van der Waals surface area contributed by atoms with Gasteiger partial charge in [-0.15, -0.1) is 0 Å². The first-order valence-corrected chi connectivity index (χ1v) is 18.0. The molecule has 4 nitrogen and oxygen atoms in total. The number of methoxy groups -OCH3 is 1. The Morgan fingerprint density at radius 2 is 1.28 bits per heavy atom. The second kappa shape index (κ2) is 13.2. The maximum Gasteiger partial charge on any atom is 0.310 e. The Labute approximate surface area is 222 Å². The summed E-state index contributed by atoms with van der Waals surface area (Å²) >= 11 is 0. The highest BCUT2D eigenvalue weighted by Crippen LogP contribution is 2.38. The molecule has 2 aromatic carbocycles. The molecule has 0 aliphatic rings. The molecule has 2 rings (SSSR count). The van der Waals surface area contributed by atoms with E-state index in [1.165, 1.54) is 17.5 Å². The van der Waals surface area contributed by atoms with Crippen molar-refractivity contribution in [1.29, 1.82) is 0 Å². The zero-order valence-corrected chi connectivity index (χ0v) is 26.0. The van der Waals surface area contributed by atoms with Gasteiger partial charge in [-0.3, -0.25) is 4.79 Å². The van der Waals surface area contributed by atoms with Gasteiger partial charge in [-0.05, 0) is 40.5 Å². The number of benzene rings is 2. The van der Waals surface area contributed by atoms with Crippen LogP contribution in [0.2, 0.25) is 23.2 Å². The zero-order valence-electron chi connectivity index (χ0n) is 24.0. The minimum Gasteiger partial charge on any atom is -0.469 e. The monoisotopic (exact) mass is 528 g/mol. The molecule has 0 aliphatic heterocycles. The van der Waals surface area contributed by atoms with Crippen molar-refractivity contribution in [3.8, 4) is 0 Å². The van der Waals surface area contributed by atoms with Gasteiger partial charge >= 0.3 is 5.97 Å². The summed E-state index contributed by atoms with van der Waals surface area (Å²) in [5, 5.41) is 2.41. The highest BCUT2D eigenvalue weighted by Gasteiger charge is 2.51. The lowest BCUT2D eigenvalue weighted by atomic mass is 9.94. The highest BCUT2D eigenvalue weighted by molar-refractivity contribution is 6.99. The van der Waals surface area contributed by atoms with Crippen molar-refractivity contribution in [2.45, 2.75) is 84.7 Å². The molecule has 0 saturated heterocycles. The van der Waals surface area contributed by atoms with E-state index in [-0.39, 0.29) is 28.9 Å². The number of carbonyl (C=O) groups excluding carboxylic acids is 1. The largest absolute Gasteiger partial charge is 0.469 e. The zero-order chi connectivity index (χ0) is 27.0. The molecular weight excluding hydrogens is 480 g/mol. The van der Waals surface area contributed by atoms with Crippen molar-refractivity contribution < 1.29 is 18.4 Å². The summed E-state index contributed by atoms with van der Waals surface area (Å²) in [5.74, 6) is -0.551. The maximum absolute atomic E-state index is 12.7. The Morgan fingerprint density at radius 3 is 1.64 bits per heavy atom. The summed E-state index contributed by atoms with van der Waals surface area (Å²) in [6.07, 6.45) is -0.248. The summed E-state index contributed by atoms with van der Waals surface area (Å²) < 4.78 is 19.3. The van der Waals surface area contributed by atoms with Gasteiger partial charge in [-0.2, -0.15) is 0 Å². The topological polar surface area (TPSA) is 44.8 Å². The van der Waals surface area contributed by atoms with E-state index >= 15 is 0 Å². The van der Waals surface area contributed by atoms with Crippen LogP contribution in [0.1, 0.15) is 55.4 Å². The van der Waals surface area contributed by atoms with Gasteiger partial charge in [0.15, 0.2) is 8.32 Å². The van der Waals surface area contributed by atoms with Crippen LogP contribution in [0.15, 0.2) is 60.7 Å². The third kappa shape index (κ3) is 6.57. The minimum absolute atomic E-state index is 0.0253. The van der Waals surface area contributed by atoms with Crippen molar-refractivity contribution in [1.82, 2.24) is 0 Å². The molecule has 36 heavy (non-hydrogen) atoms. The number of hydrogen-bond acceptors (Lipinski definition) is 4. The lowest BCUT2D eigenvalue weighted by Gasteiger charge is -2.45. The summed E-state index contributed by atoms with van der Waals surface area (Å²) in [6.45, 7) is 18.2. The van der Waals surface area contributed by atoms with E-state index in [9.17, 15) is 4.79 Å². The van der Waals surface area contributed by atoms with Gasteiger partial charge in [0, 0.05) is 12.5 Å². The highest BCUT2D eigenvalue weighted by atomic mass is 28.4. The lowest BCUT2D eigenvalue weighted by Crippen LogP contribution is -2.67. The van der Waals surface area contributed by atoms with E-state index in [1.807, 2.05) is 6.92 Å². The number of ether oxygens (including phenoxy) is 1. The number of esters is 1. The molecule has 0 spiro atoms. The summed E-state index contributed by atoms with van der Waals surface area (Å²) in [6, 6.07) is 24.5. The van der Waals surface area contributed by atoms with Crippen LogP contribution in [0.5, 0.6) is 0 Å². The van der Waals surface area contributed by atoms with Crippen LogP contribution < -0.4 is 10.4 Å². The fraction of sp³-hybridized carbons (Fsp3) is 0.567. The normalized spacial score (nSPS) is 15.2. The van der Waals surface area contributed by atoms with E-state index in [4.69, 9.17) is 13.6 Å². The fourth-order valence-electron chi connectivity index (χ4n) is 5.43. The van der Waals surface area contributed by atoms with Gasteiger partial charge in [-0.1, -0.05) is 109 Å². The van der Waals surface area contributed by atoms with Crippen LogP contribution in [0.4, 0.5) is 0 Å². The van der Waals surface area contributed by atoms with Crippen molar-refractivity contribution in [2.75, 3.05) is 13.7 Å². The number of carbonyl (C=O) groups is 1. The van der Waals surface area contributed by atoms with Gasteiger partial charge in [0.05, 0.1) is 19.1 Å². The summed E-state index contributed by atoms with van der Waals surface area (Å²) in [5.41, 5.74) is 0. The molecule has 0 amide bonds. The molecular formula is C30H48O4Si2. The molecule has 0 fully saturated rings. The average Bonchev–Trinajstić information content (AvgIpc) is 2.89. The summed E-state index contributed by atoms with van der Waals surface area (Å²) in [7, 11) is -3.17. The smallest absolute Gasteiger partial charge is 0.310 e. The Kier molecular flexibility index (Phi) is 11.2. The molecule has 0 saturated carbocycles. The Bertz CT molecular complexity index is 875. The molecule has 200 valence electrons. The quantitative estimate of drug-likeness (QED) is 0.223. The van der Waals surface area contributed by atoms with Gasteiger partial charge in [0.25, 0.3) is 8.32 Å². The molecule has 2 aromatic rings. The van der Waals surface area contributed by atoms with Crippen LogP contribution in [-0.2, 0) is 18.4 Å². The molecule has 0 unspecified atom stereocenters. The molecule has 0 aliphatic carbocycles. The Balaban J connectivity index is 2.52. The predicted octanol–water partition coefficient (Wildman–Crippen LogP) is 6.40. The first-order chi connectivity index (χ1) is 17.0. The lowest BCUT2D eigenvalue weighted by molar-refractivity contribution is -0.149. The first-order valence-electron chi connectivity index (χ1n) is 13.5. The van der Waals surface area contributed by atoms with E-state index in [1.54, 1.807) is 0 Å². The number of hydrogen-bond donors (Lipinski definition) is 0. The third-order valence-corrected chi connectivity index (χ3v) is 17.6. The second-order valence-corrected chi connectivity index (χ2v) is 20.1. The summed E-state index contributed by atoms with van der Waals surface area (Å²) in [4.78, 5) is 12.7. The molecule has 0 heterocycles. The Morgan fingerprint density at radius 1 is 0.833 bits per heavy atom. The molecule has 0 radical (unpaired) electrons. The van der Waals surface area contributed by atoms with Crippen LogP contribution in [0.25, 0.3) is 0 Å². The fourth-order valence-corrected chi connectivity index (χ4v) is 13.1. The molecule has 0 bridgehead atoms. The van der Waals surface area contributed by atoms with Gasteiger partial charge in [0.1, 0.15) is 0 Å². The van der Waals surface area contributed by atoms with Crippen LogP contribution in [0, 0.1) is 11.8 Å². The van der Waals surface area contributed by atoms with Crippen LogP contribution in [0.3, 0.4) is 0 Å². The number of rotatable bonds is 13. The van der Waals surface area contributed by atoms with E-state index in [0.717, 1.165) is 18.1 Å². The maximum atomic E-state index is 12.7. The molecule has 6 heteroatoms. The van der Waals surface area contributed by atoms with E-state index in [0.29, 0.717) is 6.61 Å². The first kappa shape index (κ1) is 30.5. The molecule has 0 aromatic heterocycles. The standard InChI is InChI=1S/C30H48O4Si2/c1-10-35(11-2,12-3)34-28(25(5)29(31)32-9)24(4)23-33-36(30(6,7)8,26-19-15-13-16-20-26)27-21-17-14-18-22-27/h13-22,24-25,28H,10-12,23H2,1-9H3/t24-,25+,28+/m0/s1. The van der Waals surface area contributed by atoms with Gasteiger partial charge < -0.3 is 13.6 Å². The second-order valence-electron chi connectivity index (χ2n) is 11.1. The van der Waals surface area contributed by atoms with Crippen molar-refractivity contribution >= 4 is 33.0 Å². The average molecular weight is 529 g/mol. The van der Waals surface area contributed by atoms with Gasteiger partial charge in [-0.25, -0.2) is 0 Å². The van der Waals surface area contributed by atoms with Gasteiger partial charge in [0.2, 0.25) is 0 Å². The van der Waals surface area contributed by atoms with Crippen molar-refractivity contribution in [3.63, 3.8) is 0 Å². The SMILES string of the molecule is CC[Si](CC)(CC)O[C@H]([C@@H](C)CO[Si](c1ccccc1)(c1ccccc1)C(C)(C)C)[C@@H](C)C(=O)OC. The van der Waals surface area contributed by atoms with E-state index < -0.39 is 16.6 Å². The minimum atomic E-state index is -2.67. The molecule has 3 atom stereocenters. The Hall–Kier alpha value is -1.74. The van der Waals surface area contributed by atoms with Crippen molar-refractivity contribution in [3.05, 3.63) is 60.7 Å². The van der Waals surface area contributed by atoms with Crippen molar-refractivity contribution in [2.24, 2.45) is 11.8 Å². The predicted molar refractivity (Wildman–Crippen MR) is 156 cm³/mol. The van der Waals surface area contributed by atoms with Crippen LogP contribution >= 0.6 is 0 Å².